The van der Waals surface area contributed by atoms with Gasteiger partial charge in [-0.25, -0.2) is 4.98 Å². The standard InChI is InChI=1S/C12H6BrNO2S/c1-5-14-12-10(16)2-7-6(3-11(12)17-5)8(13)4-9(7)15/h2-4H,1H3. The van der Waals surface area contributed by atoms with Crippen molar-refractivity contribution in [1.82, 2.24) is 4.98 Å². The summed E-state index contributed by atoms with van der Waals surface area (Å²) in [5.41, 5.74) is 1.46. The summed E-state index contributed by atoms with van der Waals surface area (Å²) in [5.74, 6) is -0.136. The quantitative estimate of drug-likeness (QED) is 0.752. The predicted octanol–water partition coefficient (Wildman–Crippen LogP) is 2.90. The normalized spacial score (nSPS) is 14.0. The monoisotopic (exact) mass is 307 g/mol. The molecule has 1 aliphatic rings. The minimum absolute atomic E-state index is 0.136. The number of aromatic nitrogens is 1. The van der Waals surface area contributed by atoms with Gasteiger partial charge >= 0.3 is 0 Å². The first-order chi connectivity index (χ1) is 8.06. The van der Waals surface area contributed by atoms with Gasteiger partial charge in [0.05, 0.1) is 9.71 Å². The second-order valence-corrected chi connectivity index (χ2v) is 5.87. The molecule has 17 heavy (non-hydrogen) atoms. The highest BCUT2D eigenvalue weighted by Gasteiger charge is 2.20. The lowest BCUT2D eigenvalue weighted by molar-refractivity contribution is 0.105. The van der Waals surface area contributed by atoms with Gasteiger partial charge < -0.3 is 0 Å². The smallest absolute Gasteiger partial charge is 0.206 e. The van der Waals surface area contributed by atoms with Crippen molar-refractivity contribution in [1.29, 1.82) is 0 Å². The molecule has 84 valence electrons. The summed E-state index contributed by atoms with van der Waals surface area (Å²) >= 11 is 4.80. The average Bonchev–Trinajstić information content (AvgIpc) is 2.69. The van der Waals surface area contributed by atoms with Crippen molar-refractivity contribution in [3.8, 4) is 0 Å². The minimum Gasteiger partial charge on any atom is -0.289 e. The number of hydrogen-bond donors (Lipinski definition) is 0. The Morgan fingerprint density at radius 3 is 2.76 bits per heavy atom. The van der Waals surface area contributed by atoms with E-state index in [0.717, 1.165) is 19.8 Å². The lowest BCUT2D eigenvalue weighted by Crippen LogP contribution is -1.99. The Balaban J connectivity index is 2.52. The molecule has 2 aromatic rings. The molecule has 0 amide bonds. The second kappa shape index (κ2) is 3.58. The number of halogens is 1. The molecule has 0 aliphatic heterocycles. The lowest BCUT2D eigenvalue weighted by Gasteiger charge is -1.90. The van der Waals surface area contributed by atoms with E-state index in [9.17, 15) is 9.59 Å². The fraction of sp³-hybridized carbons (Fsp3) is 0.0833. The van der Waals surface area contributed by atoms with Crippen molar-refractivity contribution in [2.45, 2.75) is 6.92 Å². The molecule has 1 aliphatic carbocycles. The largest absolute Gasteiger partial charge is 0.289 e. The number of nitrogens with zero attached hydrogens (tertiary/aromatic N) is 1. The number of hydrogen-bond acceptors (Lipinski definition) is 4. The summed E-state index contributed by atoms with van der Waals surface area (Å²) in [5, 5.41) is 0.849. The van der Waals surface area contributed by atoms with E-state index in [1.54, 1.807) is 0 Å². The van der Waals surface area contributed by atoms with Crippen molar-refractivity contribution >= 4 is 47.7 Å². The molecule has 0 N–H and O–H groups in total. The molecule has 3 nitrogen and oxygen atoms in total. The zero-order valence-corrected chi connectivity index (χ0v) is 11.2. The fourth-order valence-corrected chi connectivity index (χ4v) is 3.29. The molecule has 1 heterocycles. The van der Waals surface area contributed by atoms with Crippen LogP contribution in [0.1, 0.15) is 20.9 Å². The maximum absolute atomic E-state index is 12.0. The minimum atomic E-state index is -0.199. The first-order valence-electron chi connectivity index (χ1n) is 4.93. The van der Waals surface area contributed by atoms with Crippen LogP contribution in [-0.2, 0) is 0 Å². The van der Waals surface area contributed by atoms with Gasteiger partial charge in [-0.2, -0.15) is 0 Å². The van der Waals surface area contributed by atoms with Crippen molar-refractivity contribution in [2.24, 2.45) is 0 Å². The van der Waals surface area contributed by atoms with Gasteiger partial charge in [0.1, 0.15) is 5.52 Å². The topological polar surface area (TPSA) is 47.0 Å². The van der Waals surface area contributed by atoms with Crippen LogP contribution in [0.15, 0.2) is 23.0 Å². The van der Waals surface area contributed by atoms with Crippen LogP contribution in [0.2, 0.25) is 0 Å². The predicted molar refractivity (Wildman–Crippen MR) is 71.9 cm³/mol. The van der Waals surface area contributed by atoms with Crippen LogP contribution in [0.25, 0.3) is 14.7 Å². The van der Waals surface area contributed by atoms with Crippen LogP contribution in [-0.4, -0.2) is 10.8 Å². The number of rotatable bonds is 0. The SMILES string of the molecule is Cc1nc2c(=O)cc3c(cc2s1)C(Br)=CC3=O. The fourth-order valence-electron chi connectivity index (χ4n) is 1.88. The zero-order chi connectivity index (χ0) is 12.2. The van der Waals surface area contributed by atoms with Gasteiger partial charge in [0, 0.05) is 21.7 Å². The van der Waals surface area contributed by atoms with Gasteiger partial charge in [0.15, 0.2) is 5.78 Å². The van der Waals surface area contributed by atoms with Crippen LogP contribution < -0.4 is 5.43 Å². The van der Waals surface area contributed by atoms with Gasteiger partial charge in [-0.3, -0.25) is 9.59 Å². The van der Waals surface area contributed by atoms with Crippen molar-refractivity contribution < 1.29 is 4.79 Å². The van der Waals surface area contributed by atoms with Gasteiger partial charge in [0.2, 0.25) is 5.43 Å². The van der Waals surface area contributed by atoms with Gasteiger partial charge in [-0.15, -0.1) is 11.3 Å². The van der Waals surface area contributed by atoms with E-state index in [4.69, 9.17) is 0 Å². The Morgan fingerprint density at radius 2 is 2.00 bits per heavy atom. The Kier molecular flexibility index (Phi) is 2.27. The van der Waals surface area contributed by atoms with Crippen LogP contribution >= 0.6 is 27.3 Å². The van der Waals surface area contributed by atoms with Gasteiger partial charge in [-0.1, -0.05) is 15.9 Å². The molecule has 0 bridgehead atoms. The summed E-state index contributed by atoms with van der Waals surface area (Å²) in [7, 11) is 0. The molecule has 0 fully saturated rings. The maximum Gasteiger partial charge on any atom is 0.206 e. The number of allylic oxidation sites excluding steroid dienone is 1. The van der Waals surface area contributed by atoms with E-state index >= 15 is 0 Å². The third-order valence-electron chi connectivity index (χ3n) is 2.62. The third-order valence-corrected chi connectivity index (χ3v) is 4.19. The number of aryl methyl sites for hydroxylation is 1. The highest BCUT2D eigenvalue weighted by molar-refractivity contribution is 9.15. The van der Waals surface area contributed by atoms with Crippen molar-refractivity contribution in [2.75, 3.05) is 0 Å². The van der Waals surface area contributed by atoms with E-state index in [2.05, 4.69) is 20.9 Å². The number of ketones is 1. The second-order valence-electron chi connectivity index (χ2n) is 3.78. The Bertz CT molecular complexity index is 761. The molecule has 0 radical (unpaired) electrons. The molecule has 0 atom stereocenters. The Morgan fingerprint density at radius 1 is 1.24 bits per heavy atom. The van der Waals surface area contributed by atoms with Crippen molar-refractivity contribution in [3.05, 3.63) is 44.6 Å². The Hall–Kier alpha value is -1.33. The summed E-state index contributed by atoms with van der Waals surface area (Å²) < 4.78 is 1.54. The number of thiazole rings is 1. The highest BCUT2D eigenvalue weighted by Crippen LogP contribution is 2.33. The third kappa shape index (κ3) is 1.57. The van der Waals surface area contributed by atoms with Crippen LogP contribution in [0.5, 0.6) is 0 Å². The van der Waals surface area contributed by atoms with Crippen LogP contribution in [0.3, 0.4) is 0 Å². The molecule has 1 aromatic heterocycles. The van der Waals surface area contributed by atoms with Gasteiger partial charge in [-0.05, 0) is 19.1 Å². The molecule has 0 saturated heterocycles. The lowest BCUT2D eigenvalue weighted by atomic mass is 10.2. The van der Waals surface area contributed by atoms with E-state index in [1.165, 1.54) is 23.5 Å². The van der Waals surface area contributed by atoms with Gasteiger partial charge in [0.25, 0.3) is 0 Å². The number of carbonyl (C=O) groups is 1. The maximum atomic E-state index is 12.0. The summed E-state index contributed by atoms with van der Waals surface area (Å²) in [6.45, 7) is 1.86. The van der Waals surface area contributed by atoms with E-state index in [1.807, 2.05) is 13.0 Å². The molecule has 0 spiro atoms. The van der Waals surface area contributed by atoms with E-state index < -0.39 is 0 Å². The average molecular weight is 308 g/mol. The first kappa shape index (κ1) is 10.8. The first-order valence-corrected chi connectivity index (χ1v) is 6.54. The zero-order valence-electron chi connectivity index (χ0n) is 8.78. The summed E-state index contributed by atoms with van der Waals surface area (Å²) in [4.78, 5) is 27.8. The number of carbonyl (C=O) groups excluding carboxylic acids is 1. The molecule has 3 rings (SSSR count). The molecular formula is C12H6BrNO2S. The molecule has 5 heteroatoms. The van der Waals surface area contributed by atoms with Crippen LogP contribution in [0, 0.1) is 6.92 Å². The summed E-state index contributed by atoms with van der Waals surface area (Å²) in [6.07, 6.45) is 1.49. The molecular weight excluding hydrogens is 302 g/mol. The highest BCUT2D eigenvalue weighted by atomic mass is 79.9. The summed E-state index contributed by atoms with van der Waals surface area (Å²) in [6, 6.07) is 3.23. The van der Waals surface area contributed by atoms with Crippen molar-refractivity contribution in [3.63, 3.8) is 0 Å². The number of fused-ring (bicyclic) bond motifs is 2. The molecule has 0 unspecified atom stereocenters. The Labute approximate surface area is 109 Å². The molecule has 0 saturated carbocycles. The van der Waals surface area contributed by atoms with E-state index in [-0.39, 0.29) is 11.2 Å². The molecule has 1 aromatic carbocycles. The van der Waals surface area contributed by atoms with Crippen LogP contribution in [0.4, 0.5) is 0 Å². The van der Waals surface area contributed by atoms with E-state index in [0.29, 0.717) is 11.1 Å².